The Morgan fingerprint density at radius 3 is 2.44 bits per heavy atom. The van der Waals surface area contributed by atoms with E-state index >= 15 is 0 Å². The molecule has 27 heavy (non-hydrogen) atoms. The first-order valence-electron chi connectivity index (χ1n) is 9.24. The second-order valence-electron chi connectivity index (χ2n) is 7.30. The molecule has 0 radical (unpaired) electrons. The van der Waals surface area contributed by atoms with Gasteiger partial charge in [-0.1, -0.05) is 49.9 Å². The van der Waals surface area contributed by atoms with Crippen molar-refractivity contribution in [3.8, 4) is 6.07 Å². The molecule has 2 aromatic carbocycles. The Balaban J connectivity index is 1.63. The Hall–Kier alpha value is -2.59. The maximum Gasteiger partial charge on any atom is 0.265 e. The normalized spacial score (nSPS) is 20.0. The van der Waals surface area contributed by atoms with Crippen molar-refractivity contribution < 1.29 is 13.2 Å². The van der Waals surface area contributed by atoms with E-state index in [1.807, 2.05) is 12.1 Å². The number of nitrogens with one attached hydrogen (secondary N) is 1. The number of hydrogen-bond acceptors (Lipinski definition) is 4. The van der Waals surface area contributed by atoms with Crippen LogP contribution in [-0.2, 0) is 14.8 Å². The molecule has 0 unspecified atom stereocenters. The van der Waals surface area contributed by atoms with Gasteiger partial charge in [0.2, 0.25) is 5.91 Å². The number of nitriles is 1. The highest BCUT2D eigenvalue weighted by Crippen LogP contribution is 2.41. The van der Waals surface area contributed by atoms with Crippen LogP contribution in [-0.4, -0.2) is 26.4 Å². The minimum atomic E-state index is -3.78. The zero-order valence-corrected chi connectivity index (χ0v) is 15.8. The molecule has 0 atom stereocenters. The van der Waals surface area contributed by atoms with Gasteiger partial charge in [0.05, 0.1) is 16.7 Å². The Morgan fingerprint density at radius 1 is 1.11 bits per heavy atom. The summed E-state index contributed by atoms with van der Waals surface area (Å²) in [5.41, 5.74) is -0.374. The Labute approximate surface area is 158 Å². The molecule has 1 heterocycles. The van der Waals surface area contributed by atoms with Gasteiger partial charge in [0.15, 0.2) is 0 Å². The molecule has 0 aromatic heterocycles. The standard InChI is InChI=1S/C20H21N3O3S/c21-14-20(11-3-1-2-4-12-20)22-18(24)13-23-16-9-5-7-15-8-6-10-17(19(15)16)27(23,25)26/h5-10H,1-4,11-13H2,(H,22,24). The number of carbonyl (C=O) groups is 1. The summed E-state index contributed by atoms with van der Waals surface area (Å²) in [5, 5.41) is 14.0. The third kappa shape index (κ3) is 2.94. The molecule has 0 spiro atoms. The van der Waals surface area contributed by atoms with Gasteiger partial charge in [-0.25, -0.2) is 8.42 Å². The number of benzene rings is 2. The second-order valence-corrected chi connectivity index (χ2v) is 9.13. The highest BCUT2D eigenvalue weighted by Gasteiger charge is 2.38. The quantitative estimate of drug-likeness (QED) is 0.825. The number of amides is 1. The maximum atomic E-state index is 13.0. The third-order valence-electron chi connectivity index (χ3n) is 5.52. The van der Waals surface area contributed by atoms with E-state index in [9.17, 15) is 18.5 Å². The molecule has 7 heteroatoms. The lowest BCUT2D eigenvalue weighted by Gasteiger charge is -2.28. The van der Waals surface area contributed by atoms with Crippen molar-refractivity contribution in [2.24, 2.45) is 0 Å². The number of anilines is 1. The fourth-order valence-electron chi connectivity index (χ4n) is 4.16. The number of rotatable bonds is 3. The molecule has 1 N–H and O–H groups in total. The molecule has 1 aliphatic carbocycles. The molecule has 140 valence electrons. The van der Waals surface area contributed by atoms with Gasteiger partial charge in [-0.2, -0.15) is 5.26 Å². The summed E-state index contributed by atoms with van der Waals surface area (Å²) in [6, 6.07) is 12.8. The van der Waals surface area contributed by atoms with Crippen LogP contribution >= 0.6 is 0 Å². The Bertz CT molecular complexity index is 1040. The van der Waals surface area contributed by atoms with Gasteiger partial charge in [-0.3, -0.25) is 9.10 Å². The van der Waals surface area contributed by atoms with Gasteiger partial charge in [0, 0.05) is 5.39 Å². The lowest BCUT2D eigenvalue weighted by molar-refractivity contribution is -0.121. The first kappa shape index (κ1) is 17.8. The monoisotopic (exact) mass is 383 g/mol. The maximum absolute atomic E-state index is 13.0. The highest BCUT2D eigenvalue weighted by molar-refractivity contribution is 7.93. The van der Waals surface area contributed by atoms with Gasteiger partial charge >= 0.3 is 0 Å². The number of carbonyl (C=O) groups excluding carboxylic acids is 1. The van der Waals surface area contributed by atoms with E-state index in [0.29, 0.717) is 23.9 Å². The van der Waals surface area contributed by atoms with E-state index in [-0.39, 0.29) is 11.4 Å². The van der Waals surface area contributed by atoms with E-state index in [2.05, 4.69) is 11.4 Å². The molecule has 1 saturated carbocycles. The van der Waals surface area contributed by atoms with Crippen LogP contribution in [0.4, 0.5) is 5.69 Å². The van der Waals surface area contributed by atoms with E-state index in [0.717, 1.165) is 35.4 Å². The lowest BCUT2D eigenvalue weighted by atomic mass is 9.92. The van der Waals surface area contributed by atoms with Crippen LogP contribution < -0.4 is 9.62 Å². The van der Waals surface area contributed by atoms with E-state index < -0.39 is 21.5 Å². The van der Waals surface area contributed by atoms with Crippen LogP contribution in [0, 0.1) is 11.3 Å². The molecule has 1 fully saturated rings. The average Bonchev–Trinajstić information content (AvgIpc) is 2.82. The molecule has 0 bridgehead atoms. The van der Waals surface area contributed by atoms with Crippen LogP contribution in [0.5, 0.6) is 0 Å². The van der Waals surface area contributed by atoms with Crippen molar-refractivity contribution >= 4 is 32.4 Å². The smallest absolute Gasteiger partial charge is 0.265 e. The second kappa shape index (κ2) is 6.54. The lowest BCUT2D eigenvalue weighted by Crippen LogP contribution is -2.50. The first-order valence-corrected chi connectivity index (χ1v) is 10.7. The molecular weight excluding hydrogens is 362 g/mol. The Kier molecular flexibility index (Phi) is 4.31. The number of hydrogen-bond donors (Lipinski definition) is 1. The van der Waals surface area contributed by atoms with Crippen LogP contribution in [0.25, 0.3) is 10.8 Å². The Morgan fingerprint density at radius 2 is 1.78 bits per heavy atom. The molecule has 6 nitrogen and oxygen atoms in total. The van der Waals surface area contributed by atoms with Gasteiger partial charge in [-0.15, -0.1) is 0 Å². The van der Waals surface area contributed by atoms with Crippen molar-refractivity contribution in [3.05, 3.63) is 36.4 Å². The van der Waals surface area contributed by atoms with Crippen LogP contribution in [0.15, 0.2) is 41.3 Å². The topological polar surface area (TPSA) is 90.3 Å². The fourth-order valence-corrected chi connectivity index (χ4v) is 5.83. The van der Waals surface area contributed by atoms with Crippen molar-refractivity contribution in [1.29, 1.82) is 5.26 Å². The SMILES string of the molecule is N#CC1(NC(=O)CN2c3cccc4cccc(c34)S2(=O)=O)CCCCCC1. The van der Waals surface area contributed by atoms with E-state index in [1.165, 1.54) is 0 Å². The van der Waals surface area contributed by atoms with E-state index in [1.54, 1.807) is 24.3 Å². The third-order valence-corrected chi connectivity index (χ3v) is 7.32. The summed E-state index contributed by atoms with van der Waals surface area (Å²) in [5.74, 6) is -0.438. The molecule has 2 aromatic rings. The zero-order valence-electron chi connectivity index (χ0n) is 14.9. The summed E-state index contributed by atoms with van der Waals surface area (Å²) in [6.45, 7) is -0.320. The molecule has 4 rings (SSSR count). The molecule has 0 saturated heterocycles. The fraction of sp³-hybridized carbons (Fsp3) is 0.400. The average molecular weight is 383 g/mol. The van der Waals surface area contributed by atoms with Gasteiger partial charge in [-0.05, 0) is 30.4 Å². The van der Waals surface area contributed by atoms with Crippen molar-refractivity contribution in [2.75, 3.05) is 10.8 Å². The van der Waals surface area contributed by atoms with Crippen LogP contribution in [0.2, 0.25) is 0 Å². The van der Waals surface area contributed by atoms with Crippen LogP contribution in [0.1, 0.15) is 38.5 Å². The van der Waals surface area contributed by atoms with Crippen molar-refractivity contribution in [2.45, 2.75) is 49.0 Å². The summed E-state index contributed by atoms with van der Waals surface area (Å²) in [4.78, 5) is 13.0. The molecular formula is C20H21N3O3S. The highest BCUT2D eigenvalue weighted by atomic mass is 32.2. The summed E-state index contributed by atoms with van der Waals surface area (Å²) in [7, 11) is -3.78. The van der Waals surface area contributed by atoms with Crippen molar-refractivity contribution in [3.63, 3.8) is 0 Å². The predicted molar refractivity (Wildman–Crippen MR) is 103 cm³/mol. The molecule has 2 aliphatic rings. The largest absolute Gasteiger partial charge is 0.336 e. The summed E-state index contributed by atoms with van der Waals surface area (Å²) >= 11 is 0. The zero-order chi connectivity index (χ0) is 19.1. The molecule has 1 aliphatic heterocycles. The van der Waals surface area contributed by atoms with Crippen molar-refractivity contribution in [1.82, 2.24) is 5.32 Å². The minimum Gasteiger partial charge on any atom is -0.336 e. The van der Waals surface area contributed by atoms with Gasteiger partial charge in [0.1, 0.15) is 12.1 Å². The van der Waals surface area contributed by atoms with Gasteiger partial charge < -0.3 is 5.32 Å². The summed E-state index contributed by atoms with van der Waals surface area (Å²) < 4.78 is 27.1. The number of nitrogens with zero attached hydrogens (tertiary/aromatic N) is 2. The van der Waals surface area contributed by atoms with Gasteiger partial charge in [0.25, 0.3) is 10.0 Å². The molecule has 1 amide bonds. The first-order chi connectivity index (χ1) is 13.0. The minimum absolute atomic E-state index is 0.230. The van der Waals surface area contributed by atoms with E-state index in [4.69, 9.17) is 0 Å². The summed E-state index contributed by atoms with van der Waals surface area (Å²) in [6.07, 6.45) is 5.10. The number of sulfonamides is 1. The van der Waals surface area contributed by atoms with Crippen LogP contribution in [0.3, 0.4) is 0 Å². The predicted octanol–water partition coefficient (Wildman–Crippen LogP) is 3.08.